The Morgan fingerprint density at radius 2 is 1.79 bits per heavy atom. The highest BCUT2D eigenvalue weighted by molar-refractivity contribution is 5.85. The third-order valence-electron chi connectivity index (χ3n) is 6.01. The summed E-state index contributed by atoms with van der Waals surface area (Å²) in [6.45, 7) is 9.60. The molecular formula is C26H36FN5O2. The summed E-state index contributed by atoms with van der Waals surface area (Å²) in [7, 11) is 0. The number of hydrogen-bond donors (Lipinski definition) is 0. The van der Waals surface area contributed by atoms with Gasteiger partial charge in [-0.1, -0.05) is 27.2 Å². The topological polar surface area (TPSA) is 69.6 Å². The summed E-state index contributed by atoms with van der Waals surface area (Å²) in [5.41, 5.74) is 1.50. The quantitative estimate of drug-likeness (QED) is 0.555. The van der Waals surface area contributed by atoms with Crippen molar-refractivity contribution in [2.24, 2.45) is 5.92 Å². The summed E-state index contributed by atoms with van der Waals surface area (Å²) in [5.74, 6) is 0.818. The van der Waals surface area contributed by atoms with E-state index in [1.807, 2.05) is 30.9 Å². The second-order valence-electron chi connectivity index (χ2n) is 9.27. The van der Waals surface area contributed by atoms with Crippen molar-refractivity contribution in [2.75, 3.05) is 44.2 Å². The predicted molar refractivity (Wildman–Crippen MR) is 132 cm³/mol. The number of hydrogen-bond acceptors (Lipinski definition) is 5. The second-order valence-corrected chi connectivity index (χ2v) is 9.27. The Morgan fingerprint density at radius 1 is 1.03 bits per heavy atom. The molecule has 0 radical (unpaired) electrons. The van der Waals surface area contributed by atoms with Gasteiger partial charge in [0.05, 0.1) is 12.2 Å². The Kier molecular flexibility index (Phi) is 9.36. The van der Waals surface area contributed by atoms with E-state index in [0.717, 1.165) is 37.2 Å². The molecule has 1 fully saturated rings. The average molecular weight is 470 g/mol. The monoisotopic (exact) mass is 469 g/mol. The Balaban J connectivity index is 1.58. The fourth-order valence-electron chi connectivity index (χ4n) is 4.05. The fourth-order valence-corrected chi connectivity index (χ4v) is 4.05. The van der Waals surface area contributed by atoms with E-state index in [4.69, 9.17) is 0 Å². The molecule has 1 saturated heterocycles. The number of rotatable bonds is 9. The molecule has 2 amide bonds. The van der Waals surface area contributed by atoms with Crippen molar-refractivity contribution < 1.29 is 14.0 Å². The van der Waals surface area contributed by atoms with Crippen molar-refractivity contribution in [2.45, 2.75) is 46.5 Å². The Morgan fingerprint density at radius 3 is 2.44 bits per heavy atom. The van der Waals surface area contributed by atoms with Crippen molar-refractivity contribution in [3.8, 4) is 11.3 Å². The van der Waals surface area contributed by atoms with Crippen molar-refractivity contribution >= 4 is 17.6 Å². The molecule has 1 aliphatic rings. The summed E-state index contributed by atoms with van der Waals surface area (Å²) in [6.07, 6.45) is 3.18. The Bertz CT molecular complexity index is 933. The molecule has 34 heavy (non-hydrogen) atoms. The van der Waals surface area contributed by atoms with E-state index < -0.39 is 0 Å². The molecule has 7 nitrogen and oxygen atoms in total. The number of anilines is 1. The number of carbonyl (C=O) groups is 2. The van der Waals surface area contributed by atoms with E-state index in [-0.39, 0.29) is 30.1 Å². The molecule has 1 aromatic heterocycles. The van der Waals surface area contributed by atoms with Gasteiger partial charge in [0.2, 0.25) is 11.8 Å². The lowest BCUT2D eigenvalue weighted by Crippen LogP contribution is -2.44. The molecule has 3 rings (SSSR count). The summed E-state index contributed by atoms with van der Waals surface area (Å²) in [5, 5.41) is 8.68. The number of halogens is 1. The number of unbranched alkanes of at least 4 members (excludes halogenated alkanes) is 1. The first-order valence-corrected chi connectivity index (χ1v) is 12.3. The first-order valence-electron chi connectivity index (χ1n) is 12.3. The maximum absolute atomic E-state index is 13.2. The molecule has 8 heteroatoms. The van der Waals surface area contributed by atoms with Gasteiger partial charge in [-0.2, -0.15) is 0 Å². The standard InChI is InChI=1S/C26H36FN5O2/c1-4-5-13-32(25(33)18-20(2)3)19-26(34)31-15-6-14-30(16-17-31)24-12-11-23(28-29-24)21-7-9-22(27)10-8-21/h7-12,20H,4-6,13-19H2,1-3H3. The van der Waals surface area contributed by atoms with Gasteiger partial charge in [0.25, 0.3) is 0 Å². The van der Waals surface area contributed by atoms with Crippen LogP contribution in [0, 0.1) is 11.7 Å². The van der Waals surface area contributed by atoms with Crippen molar-refractivity contribution in [1.82, 2.24) is 20.0 Å². The van der Waals surface area contributed by atoms with Gasteiger partial charge in [0.15, 0.2) is 5.82 Å². The van der Waals surface area contributed by atoms with Gasteiger partial charge >= 0.3 is 0 Å². The minimum atomic E-state index is -0.283. The van der Waals surface area contributed by atoms with Crippen LogP contribution in [-0.2, 0) is 9.59 Å². The number of nitrogens with zero attached hydrogens (tertiary/aromatic N) is 5. The van der Waals surface area contributed by atoms with Gasteiger partial charge in [-0.15, -0.1) is 10.2 Å². The minimum Gasteiger partial charge on any atom is -0.353 e. The molecule has 2 aromatic rings. The zero-order valence-electron chi connectivity index (χ0n) is 20.5. The van der Waals surface area contributed by atoms with Crippen LogP contribution in [0.2, 0.25) is 0 Å². The molecule has 0 saturated carbocycles. The molecule has 1 aliphatic heterocycles. The summed E-state index contributed by atoms with van der Waals surface area (Å²) in [6, 6.07) is 9.99. The summed E-state index contributed by atoms with van der Waals surface area (Å²) in [4.78, 5) is 31.4. The van der Waals surface area contributed by atoms with Crippen LogP contribution in [0.3, 0.4) is 0 Å². The largest absolute Gasteiger partial charge is 0.353 e. The normalized spacial score (nSPS) is 14.3. The predicted octanol–water partition coefficient (Wildman–Crippen LogP) is 4.00. The molecule has 0 bridgehead atoms. The number of amides is 2. The number of benzene rings is 1. The molecule has 184 valence electrons. The molecule has 0 spiro atoms. The lowest BCUT2D eigenvalue weighted by Gasteiger charge is -2.27. The Labute approximate surface area is 201 Å². The van der Waals surface area contributed by atoms with Crippen LogP contribution in [0.5, 0.6) is 0 Å². The SMILES string of the molecule is CCCCN(CC(=O)N1CCCN(c2ccc(-c3ccc(F)cc3)nn2)CC1)C(=O)CC(C)C. The fraction of sp³-hybridized carbons (Fsp3) is 0.538. The van der Waals surface area contributed by atoms with Gasteiger partial charge in [-0.25, -0.2) is 4.39 Å². The maximum atomic E-state index is 13.2. The van der Waals surface area contributed by atoms with E-state index in [0.29, 0.717) is 38.3 Å². The van der Waals surface area contributed by atoms with Crippen LogP contribution in [0.4, 0.5) is 10.2 Å². The molecule has 0 atom stereocenters. The first-order chi connectivity index (χ1) is 16.4. The van der Waals surface area contributed by atoms with Crippen LogP contribution in [0.15, 0.2) is 36.4 Å². The molecular weight excluding hydrogens is 433 g/mol. The highest BCUT2D eigenvalue weighted by Gasteiger charge is 2.24. The van der Waals surface area contributed by atoms with Crippen LogP contribution < -0.4 is 4.90 Å². The van der Waals surface area contributed by atoms with Gasteiger partial charge in [0, 0.05) is 44.7 Å². The second kappa shape index (κ2) is 12.4. The van der Waals surface area contributed by atoms with Crippen LogP contribution in [-0.4, -0.2) is 71.1 Å². The van der Waals surface area contributed by atoms with Crippen LogP contribution >= 0.6 is 0 Å². The molecule has 0 aliphatic carbocycles. The molecule has 0 N–H and O–H groups in total. The van der Waals surface area contributed by atoms with Gasteiger partial charge in [-0.3, -0.25) is 9.59 Å². The zero-order chi connectivity index (χ0) is 24.5. The maximum Gasteiger partial charge on any atom is 0.242 e. The summed E-state index contributed by atoms with van der Waals surface area (Å²) >= 11 is 0. The van der Waals surface area contributed by atoms with Gasteiger partial charge in [-0.05, 0) is 55.2 Å². The Hall–Kier alpha value is -3.03. The lowest BCUT2D eigenvalue weighted by molar-refractivity contribution is -0.140. The first kappa shape index (κ1) is 25.6. The number of aromatic nitrogens is 2. The van der Waals surface area contributed by atoms with Gasteiger partial charge < -0.3 is 14.7 Å². The van der Waals surface area contributed by atoms with E-state index in [2.05, 4.69) is 22.0 Å². The van der Waals surface area contributed by atoms with E-state index in [9.17, 15) is 14.0 Å². The van der Waals surface area contributed by atoms with Crippen molar-refractivity contribution in [3.63, 3.8) is 0 Å². The minimum absolute atomic E-state index is 0.00722. The lowest BCUT2D eigenvalue weighted by atomic mass is 10.1. The van der Waals surface area contributed by atoms with Crippen LogP contribution in [0.25, 0.3) is 11.3 Å². The van der Waals surface area contributed by atoms with Crippen molar-refractivity contribution in [1.29, 1.82) is 0 Å². The molecule has 1 aromatic carbocycles. The van der Waals surface area contributed by atoms with E-state index in [1.54, 1.807) is 17.0 Å². The third-order valence-corrected chi connectivity index (χ3v) is 6.01. The highest BCUT2D eigenvalue weighted by atomic mass is 19.1. The molecule has 0 unspecified atom stereocenters. The van der Waals surface area contributed by atoms with Crippen molar-refractivity contribution in [3.05, 3.63) is 42.2 Å². The van der Waals surface area contributed by atoms with Gasteiger partial charge in [0.1, 0.15) is 5.82 Å². The highest BCUT2D eigenvalue weighted by Crippen LogP contribution is 2.20. The average Bonchev–Trinajstić information content (AvgIpc) is 3.08. The van der Waals surface area contributed by atoms with E-state index in [1.165, 1.54) is 12.1 Å². The molecule has 2 heterocycles. The van der Waals surface area contributed by atoms with Crippen LogP contribution in [0.1, 0.15) is 46.5 Å². The summed E-state index contributed by atoms with van der Waals surface area (Å²) < 4.78 is 13.2. The smallest absolute Gasteiger partial charge is 0.242 e. The van der Waals surface area contributed by atoms with E-state index >= 15 is 0 Å². The number of carbonyl (C=O) groups excluding carboxylic acids is 2. The zero-order valence-corrected chi connectivity index (χ0v) is 20.5. The third kappa shape index (κ3) is 7.23.